The van der Waals surface area contributed by atoms with Crippen LogP contribution in [0.1, 0.15) is 10.4 Å². The summed E-state index contributed by atoms with van der Waals surface area (Å²) in [7, 11) is 3.95. The van der Waals surface area contributed by atoms with Crippen molar-refractivity contribution in [2.75, 3.05) is 19.0 Å². The number of aromatic carboxylic acids is 1. The highest BCUT2D eigenvalue weighted by Gasteiger charge is 2.12. The second-order valence-electron chi connectivity index (χ2n) is 5.08. The normalized spacial score (nSPS) is 10.8. The summed E-state index contributed by atoms with van der Waals surface area (Å²) >= 11 is 0. The lowest BCUT2D eigenvalue weighted by Crippen LogP contribution is -2.08. The topological polar surface area (TPSA) is 69.2 Å². The lowest BCUT2D eigenvalue weighted by molar-refractivity contribution is 0.0697. The Hall–Kier alpha value is -2.82. The van der Waals surface area contributed by atoms with Gasteiger partial charge in [-0.1, -0.05) is 12.1 Å². The summed E-state index contributed by atoms with van der Waals surface area (Å²) in [5.74, 6) is -0.939. The number of hydrogen-bond donors (Lipinski definition) is 2. The summed E-state index contributed by atoms with van der Waals surface area (Å²) in [6, 6.07) is 12.9. The number of carbonyl (C=O) groups is 1. The minimum atomic E-state index is -0.939. The summed E-state index contributed by atoms with van der Waals surface area (Å²) in [4.78, 5) is 13.1. The van der Waals surface area contributed by atoms with E-state index in [0.29, 0.717) is 0 Å². The Morgan fingerprint density at radius 2 is 2.00 bits per heavy atom. The van der Waals surface area contributed by atoms with Crippen LogP contribution in [0.5, 0.6) is 0 Å². The van der Waals surface area contributed by atoms with E-state index >= 15 is 0 Å². The van der Waals surface area contributed by atoms with Gasteiger partial charge in [-0.25, -0.2) is 4.79 Å². The fourth-order valence-electron chi connectivity index (χ4n) is 2.30. The molecule has 0 unspecified atom stereocenters. The molecule has 2 aromatic carbocycles. The fraction of sp³-hybridized carbons (Fsp3) is 0.125. The van der Waals surface area contributed by atoms with Gasteiger partial charge in [-0.05, 0) is 30.3 Å². The van der Waals surface area contributed by atoms with Crippen LogP contribution in [0, 0.1) is 0 Å². The highest BCUT2D eigenvalue weighted by molar-refractivity contribution is 5.99. The predicted octanol–water partition coefficient (Wildman–Crippen LogP) is 2.99. The van der Waals surface area contributed by atoms with Crippen LogP contribution < -0.4 is 4.90 Å². The molecule has 5 nitrogen and oxygen atoms in total. The molecule has 0 radical (unpaired) electrons. The highest BCUT2D eigenvalue weighted by Crippen LogP contribution is 2.29. The van der Waals surface area contributed by atoms with Crippen LogP contribution in [0.25, 0.3) is 22.2 Å². The Kier molecular flexibility index (Phi) is 3.10. The van der Waals surface area contributed by atoms with Crippen molar-refractivity contribution in [3.8, 4) is 11.3 Å². The van der Waals surface area contributed by atoms with Crippen molar-refractivity contribution in [1.29, 1.82) is 0 Å². The molecule has 1 heterocycles. The van der Waals surface area contributed by atoms with Gasteiger partial charge in [-0.2, -0.15) is 5.10 Å². The number of fused-ring (bicyclic) bond motifs is 1. The van der Waals surface area contributed by atoms with Crippen molar-refractivity contribution in [3.05, 3.63) is 48.0 Å². The first-order valence-corrected chi connectivity index (χ1v) is 6.55. The SMILES string of the molecule is CN(C)c1cccc(-c2n[nH]c3ccc(C(=O)O)cc23)c1. The molecule has 21 heavy (non-hydrogen) atoms. The Morgan fingerprint density at radius 1 is 1.19 bits per heavy atom. The van der Waals surface area contributed by atoms with Crippen LogP contribution in [-0.4, -0.2) is 35.4 Å². The summed E-state index contributed by atoms with van der Waals surface area (Å²) < 4.78 is 0. The van der Waals surface area contributed by atoms with Crippen molar-refractivity contribution in [2.24, 2.45) is 0 Å². The number of aromatic amines is 1. The third kappa shape index (κ3) is 2.33. The van der Waals surface area contributed by atoms with Gasteiger partial charge < -0.3 is 10.0 Å². The fourth-order valence-corrected chi connectivity index (χ4v) is 2.30. The smallest absolute Gasteiger partial charge is 0.335 e. The van der Waals surface area contributed by atoms with Crippen LogP contribution >= 0.6 is 0 Å². The molecule has 0 spiro atoms. The predicted molar refractivity (Wildman–Crippen MR) is 82.8 cm³/mol. The number of carboxylic acid groups (broad SMARTS) is 1. The highest BCUT2D eigenvalue weighted by atomic mass is 16.4. The van der Waals surface area contributed by atoms with Gasteiger partial charge in [0.15, 0.2) is 0 Å². The molecule has 0 bridgehead atoms. The number of anilines is 1. The summed E-state index contributed by atoms with van der Waals surface area (Å²) in [6.07, 6.45) is 0. The van der Waals surface area contributed by atoms with Gasteiger partial charge in [0.25, 0.3) is 0 Å². The molecule has 0 aliphatic heterocycles. The molecule has 0 fully saturated rings. The largest absolute Gasteiger partial charge is 0.478 e. The van der Waals surface area contributed by atoms with Gasteiger partial charge in [0.2, 0.25) is 0 Å². The molecule has 0 amide bonds. The van der Waals surface area contributed by atoms with Crippen molar-refractivity contribution in [3.63, 3.8) is 0 Å². The third-order valence-electron chi connectivity index (χ3n) is 3.45. The molecule has 0 aliphatic carbocycles. The maximum atomic E-state index is 11.1. The van der Waals surface area contributed by atoms with E-state index in [1.165, 1.54) is 0 Å². The van der Waals surface area contributed by atoms with Crippen molar-refractivity contribution in [1.82, 2.24) is 10.2 Å². The molecule has 0 saturated carbocycles. The summed E-state index contributed by atoms with van der Waals surface area (Å²) in [6.45, 7) is 0. The molecule has 3 rings (SSSR count). The maximum Gasteiger partial charge on any atom is 0.335 e. The van der Waals surface area contributed by atoms with Gasteiger partial charge in [0.05, 0.1) is 16.8 Å². The van der Waals surface area contributed by atoms with Crippen molar-refractivity contribution in [2.45, 2.75) is 0 Å². The van der Waals surface area contributed by atoms with Gasteiger partial charge >= 0.3 is 5.97 Å². The molecule has 5 heteroatoms. The minimum absolute atomic E-state index is 0.258. The monoisotopic (exact) mass is 281 g/mol. The molecule has 106 valence electrons. The standard InChI is InChI=1S/C16H15N3O2/c1-19(2)12-5-3-4-10(8-12)15-13-9-11(16(20)21)6-7-14(13)17-18-15/h3-9H,1-2H3,(H,17,18)(H,20,21). The van der Waals surface area contributed by atoms with Gasteiger partial charge in [-0.3, -0.25) is 5.10 Å². The number of nitrogens with one attached hydrogen (secondary N) is 1. The van der Waals surface area contributed by atoms with E-state index in [1.807, 2.05) is 43.3 Å². The molecule has 0 saturated heterocycles. The number of aromatic nitrogens is 2. The van der Waals surface area contributed by atoms with Gasteiger partial charge in [0.1, 0.15) is 0 Å². The Balaban J connectivity index is 2.18. The summed E-state index contributed by atoms with van der Waals surface area (Å²) in [5.41, 5.74) is 3.86. The Labute approximate surface area is 121 Å². The number of rotatable bonds is 3. The number of benzene rings is 2. The van der Waals surface area contributed by atoms with Crippen LogP contribution in [0.15, 0.2) is 42.5 Å². The van der Waals surface area contributed by atoms with Crippen LogP contribution in [0.2, 0.25) is 0 Å². The van der Waals surface area contributed by atoms with Crippen LogP contribution in [0.3, 0.4) is 0 Å². The third-order valence-corrected chi connectivity index (χ3v) is 3.45. The van der Waals surface area contributed by atoms with E-state index in [0.717, 1.165) is 27.8 Å². The van der Waals surface area contributed by atoms with E-state index in [1.54, 1.807) is 18.2 Å². The zero-order valence-corrected chi connectivity index (χ0v) is 11.8. The number of nitrogens with zero attached hydrogens (tertiary/aromatic N) is 2. The number of H-pyrrole nitrogens is 1. The van der Waals surface area contributed by atoms with Gasteiger partial charge in [0, 0.05) is 30.7 Å². The van der Waals surface area contributed by atoms with E-state index in [2.05, 4.69) is 10.2 Å². The second kappa shape index (κ2) is 4.94. The first kappa shape index (κ1) is 13.2. The molecule has 0 aliphatic rings. The molecule has 0 atom stereocenters. The maximum absolute atomic E-state index is 11.1. The van der Waals surface area contributed by atoms with Crippen molar-refractivity contribution >= 4 is 22.6 Å². The lowest BCUT2D eigenvalue weighted by Gasteiger charge is -2.13. The first-order valence-electron chi connectivity index (χ1n) is 6.55. The van der Waals surface area contributed by atoms with E-state index in [-0.39, 0.29) is 5.56 Å². The Morgan fingerprint density at radius 3 is 2.71 bits per heavy atom. The minimum Gasteiger partial charge on any atom is -0.478 e. The molecular weight excluding hydrogens is 266 g/mol. The molecule has 1 aromatic heterocycles. The number of hydrogen-bond acceptors (Lipinski definition) is 3. The summed E-state index contributed by atoms with van der Waals surface area (Å²) in [5, 5.41) is 17.2. The first-order chi connectivity index (χ1) is 10.1. The molecule has 2 N–H and O–H groups in total. The zero-order chi connectivity index (χ0) is 15.0. The lowest BCUT2D eigenvalue weighted by atomic mass is 10.0. The van der Waals surface area contributed by atoms with Crippen LogP contribution in [-0.2, 0) is 0 Å². The van der Waals surface area contributed by atoms with E-state index in [9.17, 15) is 4.79 Å². The van der Waals surface area contributed by atoms with Crippen LogP contribution in [0.4, 0.5) is 5.69 Å². The van der Waals surface area contributed by atoms with E-state index in [4.69, 9.17) is 5.11 Å². The van der Waals surface area contributed by atoms with Gasteiger partial charge in [-0.15, -0.1) is 0 Å². The quantitative estimate of drug-likeness (QED) is 0.774. The average Bonchev–Trinajstić information content (AvgIpc) is 2.90. The van der Waals surface area contributed by atoms with Crippen molar-refractivity contribution < 1.29 is 9.90 Å². The molecule has 3 aromatic rings. The Bertz CT molecular complexity index is 821. The molecular formula is C16H15N3O2. The second-order valence-corrected chi connectivity index (χ2v) is 5.08. The average molecular weight is 281 g/mol. The van der Waals surface area contributed by atoms with E-state index < -0.39 is 5.97 Å². The number of carboxylic acids is 1. The zero-order valence-electron chi connectivity index (χ0n) is 11.8.